The molecule has 66 heavy (non-hydrogen) atoms. The lowest BCUT2D eigenvalue weighted by molar-refractivity contribution is -0.136. The molecule has 2 heterocycles. The SMILES string of the molecule is NC(=O)[C@H](CS)NC(=O)[C@H](Cc1c[nH]c2ccccc12)NC(=O)[C@H](CCCN=C(N)N)NC(=O)[C@@H](Cc1ccccc1)NC(=O)[C@H](Cc1cnc[nH]1)NC(=O)[C@H](CCS)NC(=O)C1CCC1. The fourth-order valence-corrected chi connectivity index (χ4v) is 7.84. The maximum atomic E-state index is 14.5. The molecule has 1 saturated carbocycles. The Morgan fingerprint density at radius 1 is 0.682 bits per heavy atom. The zero-order valence-corrected chi connectivity index (χ0v) is 38.1. The number of nitrogens with one attached hydrogen (secondary N) is 8. The van der Waals surface area contributed by atoms with Crippen molar-refractivity contribution < 1.29 is 33.6 Å². The number of aliphatic imine (C=N–C) groups is 1. The van der Waals surface area contributed by atoms with Gasteiger partial charge in [0.15, 0.2) is 5.96 Å². The van der Waals surface area contributed by atoms with Crippen LogP contribution in [0.5, 0.6) is 0 Å². The molecule has 22 heteroatoms. The van der Waals surface area contributed by atoms with Gasteiger partial charge >= 0.3 is 0 Å². The molecule has 1 aliphatic carbocycles. The Bertz CT molecular complexity index is 2300. The first-order valence-electron chi connectivity index (χ1n) is 21.7. The summed E-state index contributed by atoms with van der Waals surface area (Å²) in [5, 5.41) is 17.3. The van der Waals surface area contributed by atoms with Crippen LogP contribution >= 0.6 is 25.3 Å². The molecule has 1 aliphatic rings. The summed E-state index contributed by atoms with van der Waals surface area (Å²) >= 11 is 8.44. The first kappa shape index (κ1) is 50.4. The monoisotopic (exact) mass is 945 g/mol. The second-order valence-electron chi connectivity index (χ2n) is 16.1. The fraction of sp³-hybridized carbons (Fsp3) is 0.432. The average Bonchev–Trinajstić information content (AvgIpc) is 3.95. The van der Waals surface area contributed by atoms with Gasteiger partial charge in [-0.05, 0) is 55.1 Å². The maximum Gasteiger partial charge on any atom is 0.243 e. The van der Waals surface area contributed by atoms with E-state index in [0.717, 1.165) is 30.2 Å². The minimum Gasteiger partial charge on any atom is -0.370 e. The molecule has 0 bridgehead atoms. The number of amides is 7. The van der Waals surface area contributed by atoms with E-state index in [2.05, 4.69) is 77.1 Å². The zero-order chi connectivity index (χ0) is 47.6. The Balaban J connectivity index is 1.41. The Morgan fingerprint density at radius 3 is 1.83 bits per heavy atom. The maximum absolute atomic E-state index is 14.5. The lowest BCUT2D eigenvalue weighted by Gasteiger charge is -2.29. The topological polar surface area (TPSA) is 327 Å². The Labute approximate surface area is 392 Å². The predicted molar refractivity (Wildman–Crippen MR) is 255 cm³/mol. The summed E-state index contributed by atoms with van der Waals surface area (Å²) in [6, 6.07) is 8.96. The van der Waals surface area contributed by atoms with E-state index < -0.39 is 71.7 Å². The van der Waals surface area contributed by atoms with Gasteiger partial charge in [-0.1, -0.05) is 55.0 Å². The molecule has 5 rings (SSSR count). The van der Waals surface area contributed by atoms with Gasteiger partial charge in [-0.3, -0.25) is 38.6 Å². The van der Waals surface area contributed by atoms with E-state index in [0.29, 0.717) is 16.8 Å². The molecule has 0 aliphatic heterocycles. The number of rotatable bonds is 26. The molecule has 0 saturated heterocycles. The van der Waals surface area contributed by atoms with Gasteiger partial charge in [-0.15, -0.1) is 0 Å². The highest BCUT2D eigenvalue weighted by atomic mass is 32.1. The molecule has 0 spiro atoms. The van der Waals surface area contributed by atoms with Crippen molar-refractivity contribution in [1.82, 2.24) is 46.9 Å². The Morgan fingerprint density at radius 2 is 1.26 bits per heavy atom. The number of aromatic nitrogens is 3. The molecule has 2 aromatic carbocycles. The number of para-hydroxylation sites is 1. The summed E-state index contributed by atoms with van der Waals surface area (Å²) in [7, 11) is 0. The lowest BCUT2D eigenvalue weighted by atomic mass is 9.84. The van der Waals surface area contributed by atoms with Crippen molar-refractivity contribution in [2.24, 2.45) is 28.1 Å². The largest absolute Gasteiger partial charge is 0.370 e. The quantitative estimate of drug-likeness (QED) is 0.0164. The molecular formula is C44H59N13O7S2. The van der Waals surface area contributed by atoms with Crippen molar-refractivity contribution in [3.05, 3.63) is 90.1 Å². The van der Waals surface area contributed by atoms with Gasteiger partial charge in [-0.2, -0.15) is 25.3 Å². The molecule has 20 nitrogen and oxygen atoms in total. The van der Waals surface area contributed by atoms with E-state index in [1.165, 1.54) is 12.5 Å². The summed E-state index contributed by atoms with van der Waals surface area (Å²) in [6.45, 7) is 0.0952. The minimum atomic E-state index is -1.31. The Kier molecular flexibility index (Phi) is 19.3. The molecule has 7 amide bonds. The third kappa shape index (κ3) is 15.0. The molecule has 0 unspecified atom stereocenters. The Hall–Kier alpha value is -6.55. The number of H-pyrrole nitrogens is 2. The number of benzene rings is 2. The lowest BCUT2D eigenvalue weighted by Crippen LogP contribution is -2.60. The molecular weight excluding hydrogens is 887 g/mol. The number of nitrogens with two attached hydrogens (primary N) is 3. The van der Waals surface area contributed by atoms with Crippen molar-refractivity contribution in [2.75, 3.05) is 18.1 Å². The second-order valence-corrected chi connectivity index (χ2v) is 16.9. The number of thiol groups is 2. The number of hydrogen-bond donors (Lipinski definition) is 13. The van der Waals surface area contributed by atoms with Crippen molar-refractivity contribution >= 4 is 83.5 Å². The minimum absolute atomic E-state index is 0.0139. The smallest absolute Gasteiger partial charge is 0.243 e. The molecule has 4 aromatic rings. The fourth-order valence-electron chi connectivity index (χ4n) is 7.31. The summed E-state index contributed by atoms with van der Waals surface area (Å²) in [4.78, 5) is 110. The average molecular weight is 946 g/mol. The van der Waals surface area contributed by atoms with E-state index in [9.17, 15) is 33.6 Å². The molecule has 2 aromatic heterocycles. The van der Waals surface area contributed by atoms with Crippen LogP contribution in [0.25, 0.3) is 10.9 Å². The van der Waals surface area contributed by atoms with Gasteiger partial charge in [0.1, 0.15) is 36.3 Å². The van der Waals surface area contributed by atoms with Crippen molar-refractivity contribution in [3.63, 3.8) is 0 Å². The van der Waals surface area contributed by atoms with Crippen LogP contribution in [0.3, 0.4) is 0 Å². The van der Waals surface area contributed by atoms with Crippen molar-refractivity contribution in [1.29, 1.82) is 0 Å². The van der Waals surface area contributed by atoms with Gasteiger partial charge in [0, 0.05) is 66.5 Å². The number of fused-ring (bicyclic) bond motifs is 1. The third-order valence-electron chi connectivity index (χ3n) is 11.2. The standard InChI is InChI=1S/C44H59N13O7S2/c45-37(58)36(23-66)57-42(63)34(19-27-21-50-30-13-5-4-12-29(27)30)55-39(60)31(14-7-16-49-44(46)47)53-41(62)33(18-25-8-2-1-3-9-25)54-43(64)35(20-28-22-48-24-51-28)56-40(61)32(15-17-65)52-38(59)26-10-6-11-26/h1-5,8-9,12-13,21-22,24,26,31-36,50,65-66H,6-7,10-11,14-20,23H2,(H2,45,58)(H,48,51)(H,52,59)(H,53,62)(H,54,64)(H,55,60)(H,56,61)(H,57,63)(H4,46,47,49)/t31-,32-,33+,34-,35-,36-/m0/s1. The van der Waals surface area contributed by atoms with Crippen LogP contribution in [-0.4, -0.2) is 117 Å². The van der Waals surface area contributed by atoms with Crippen LogP contribution in [0.1, 0.15) is 55.3 Å². The highest BCUT2D eigenvalue weighted by molar-refractivity contribution is 7.80. The number of guanidine groups is 1. The summed E-state index contributed by atoms with van der Waals surface area (Å²) in [5.41, 5.74) is 19.3. The zero-order valence-electron chi connectivity index (χ0n) is 36.3. The third-order valence-corrected chi connectivity index (χ3v) is 11.8. The first-order chi connectivity index (χ1) is 31.8. The predicted octanol–water partition coefficient (Wildman–Crippen LogP) is -0.584. The van der Waals surface area contributed by atoms with Gasteiger partial charge in [0.05, 0.1) is 6.33 Å². The number of nitrogens with zero attached hydrogens (tertiary/aromatic N) is 2. The van der Waals surface area contributed by atoms with Crippen LogP contribution in [0.2, 0.25) is 0 Å². The number of primary amides is 1. The van der Waals surface area contributed by atoms with Crippen LogP contribution in [0.15, 0.2) is 78.3 Å². The van der Waals surface area contributed by atoms with Gasteiger partial charge < -0.3 is 59.1 Å². The van der Waals surface area contributed by atoms with Crippen LogP contribution in [0.4, 0.5) is 0 Å². The normalized spacial score (nSPS) is 15.1. The van der Waals surface area contributed by atoms with E-state index >= 15 is 0 Å². The highest BCUT2D eigenvalue weighted by Crippen LogP contribution is 2.26. The van der Waals surface area contributed by atoms with Crippen LogP contribution in [0, 0.1) is 5.92 Å². The van der Waals surface area contributed by atoms with Crippen LogP contribution in [-0.2, 0) is 52.8 Å². The van der Waals surface area contributed by atoms with E-state index in [-0.39, 0.29) is 74.4 Å². The summed E-state index contributed by atoms with van der Waals surface area (Å²) < 4.78 is 0. The second kappa shape index (κ2) is 25.2. The van der Waals surface area contributed by atoms with E-state index in [4.69, 9.17) is 17.2 Å². The number of aromatic amines is 2. The van der Waals surface area contributed by atoms with Crippen molar-refractivity contribution in [3.8, 4) is 0 Å². The van der Waals surface area contributed by atoms with Gasteiger partial charge in [0.25, 0.3) is 0 Å². The molecule has 14 N–H and O–H groups in total. The number of hydrogen-bond acceptors (Lipinski definition) is 11. The molecule has 354 valence electrons. The first-order valence-corrected chi connectivity index (χ1v) is 23.0. The van der Waals surface area contributed by atoms with Crippen LogP contribution < -0.4 is 49.1 Å². The molecule has 6 atom stereocenters. The summed E-state index contributed by atoms with van der Waals surface area (Å²) in [5.74, 6) is -4.86. The molecule has 1 fully saturated rings. The van der Waals surface area contributed by atoms with E-state index in [1.54, 1.807) is 36.5 Å². The van der Waals surface area contributed by atoms with Gasteiger partial charge in [-0.25, -0.2) is 4.98 Å². The number of imidazole rings is 1. The summed E-state index contributed by atoms with van der Waals surface area (Å²) in [6.07, 6.45) is 7.28. The number of carbonyl (C=O) groups excluding carboxylic acids is 7. The number of carbonyl (C=O) groups is 7. The highest BCUT2D eigenvalue weighted by Gasteiger charge is 2.35. The molecule has 0 radical (unpaired) electrons. The van der Waals surface area contributed by atoms with E-state index in [1.807, 2.05) is 24.3 Å². The van der Waals surface area contributed by atoms with Crippen molar-refractivity contribution in [2.45, 2.75) is 94.0 Å². The van der Waals surface area contributed by atoms with Gasteiger partial charge in [0.2, 0.25) is 41.4 Å².